The van der Waals surface area contributed by atoms with Gasteiger partial charge in [0.25, 0.3) is 0 Å². The van der Waals surface area contributed by atoms with Gasteiger partial charge in [-0.25, -0.2) is 4.57 Å². The molecule has 1 aromatic carbocycles. The van der Waals surface area contributed by atoms with Gasteiger partial charge in [-0.2, -0.15) is 5.09 Å². The number of carbonyl (C=O) groups excluding carboxylic acids is 1. The Kier molecular flexibility index (Phi) is 6.20. The highest BCUT2D eigenvalue weighted by Gasteiger charge is 2.31. The third-order valence-electron chi connectivity index (χ3n) is 2.27. The monoisotopic (exact) mass is 301 g/mol. The molecule has 0 spiro atoms. The van der Waals surface area contributed by atoms with Crippen molar-refractivity contribution in [3.05, 3.63) is 30.3 Å². The summed E-state index contributed by atoms with van der Waals surface area (Å²) in [5.74, 6) is -0.136. The fraction of sp³-hybridized carbons (Fsp3) is 0.462. The minimum absolute atomic E-state index is 0.247. The number of benzene rings is 1. The molecule has 0 aliphatic heterocycles. The number of carbonyl (C=O) groups is 1. The van der Waals surface area contributed by atoms with E-state index < -0.39 is 19.8 Å². The highest BCUT2D eigenvalue weighted by molar-refractivity contribution is 7.52. The largest absolute Gasteiger partial charge is 0.462 e. The van der Waals surface area contributed by atoms with Crippen LogP contribution in [0.5, 0.6) is 5.75 Å². The number of hydrogen-bond donors (Lipinski definition) is 1. The van der Waals surface area contributed by atoms with E-state index in [1.807, 2.05) is 0 Å². The Morgan fingerprint density at radius 2 is 1.80 bits per heavy atom. The molecule has 0 bridgehead atoms. The lowest BCUT2D eigenvalue weighted by Gasteiger charge is -2.21. The van der Waals surface area contributed by atoms with Gasteiger partial charge in [0.1, 0.15) is 11.8 Å². The highest BCUT2D eigenvalue weighted by atomic mass is 31.2. The van der Waals surface area contributed by atoms with Crippen molar-refractivity contribution in [2.75, 3.05) is 7.11 Å². The topological polar surface area (TPSA) is 73.9 Å². The molecule has 6 nitrogen and oxygen atoms in total. The van der Waals surface area contributed by atoms with Crippen LogP contribution in [-0.4, -0.2) is 25.2 Å². The lowest BCUT2D eigenvalue weighted by molar-refractivity contribution is -0.149. The standard InChI is InChI=1S/C13H20NO5P/c1-10(2)18-13(15)11(3)14-20(16,17-4)19-12-8-6-5-7-9-12/h5-11H,1-4H3,(H,14,16)/t11-,20-/m1/s1. The first kappa shape index (κ1) is 16.7. The summed E-state index contributed by atoms with van der Waals surface area (Å²) in [6.45, 7) is 5.01. The van der Waals surface area contributed by atoms with Gasteiger partial charge in [-0.15, -0.1) is 0 Å². The van der Waals surface area contributed by atoms with Gasteiger partial charge >= 0.3 is 13.7 Å². The van der Waals surface area contributed by atoms with E-state index in [9.17, 15) is 9.36 Å². The fourth-order valence-electron chi connectivity index (χ4n) is 1.36. The van der Waals surface area contributed by atoms with Gasteiger partial charge < -0.3 is 9.26 Å². The molecular weight excluding hydrogens is 281 g/mol. The normalized spacial score (nSPS) is 15.4. The molecule has 0 saturated heterocycles. The Hall–Kier alpha value is -1.36. The second-order valence-corrected chi connectivity index (χ2v) is 6.22. The van der Waals surface area contributed by atoms with Crippen LogP contribution in [0.4, 0.5) is 0 Å². The summed E-state index contributed by atoms with van der Waals surface area (Å²) < 4.78 is 27.6. The van der Waals surface area contributed by atoms with Gasteiger partial charge in [0.05, 0.1) is 6.10 Å². The Labute approximate surface area is 119 Å². The average Bonchev–Trinajstić information content (AvgIpc) is 2.39. The van der Waals surface area contributed by atoms with Crippen LogP contribution in [0.2, 0.25) is 0 Å². The van der Waals surface area contributed by atoms with Gasteiger partial charge in [-0.05, 0) is 32.9 Å². The maximum Gasteiger partial charge on any atom is 0.459 e. The van der Waals surface area contributed by atoms with Crippen molar-refractivity contribution in [2.45, 2.75) is 32.9 Å². The number of rotatable bonds is 7. The van der Waals surface area contributed by atoms with Gasteiger partial charge in [0, 0.05) is 7.11 Å². The summed E-state index contributed by atoms with van der Waals surface area (Å²) in [4.78, 5) is 11.7. The van der Waals surface area contributed by atoms with E-state index in [1.54, 1.807) is 44.2 Å². The van der Waals surface area contributed by atoms with Crippen molar-refractivity contribution < 1.29 is 23.1 Å². The predicted molar refractivity (Wildman–Crippen MR) is 75.5 cm³/mol. The minimum atomic E-state index is -3.63. The molecular formula is C13H20NO5P. The quantitative estimate of drug-likeness (QED) is 0.616. The number of hydrogen-bond acceptors (Lipinski definition) is 5. The van der Waals surface area contributed by atoms with Crippen molar-refractivity contribution in [2.24, 2.45) is 0 Å². The van der Waals surface area contributed by atoms with Crippen molar-refractivity contribution in [1.29, 1.82) is 0 Å². The molecule has 1 rings (SSSR count). The zero-order chi connectivity index (χ0) is 15.2. The van der Waals surface area contributed by atoms with E-state index in [2.05, 4.69) is 5.09 Å². The lowest BCUT2D eigenvalue weighted by atomic mass is 10.3. The maximum absolute atomic E-state index is 12.4. The van der Waals surface area contributed by atoms with Crippen LogP contribution in [0.25, 0.3) is 0 Å². The second-order valence-electron chi connectivity index (χ2n) is 4.42. The van der Waals surface area contributed by atoms with Gasteiger partial charge in [-0.3, -0.25) is 9.32 Å². The van der Waals surface area contributed by atoms with Crippen molar-refractivity contribution in [3.8, 4) is 5.75 Å². The molecule has 20 heavy (non-hydrogen) atoms. The van der Waals surface area contributed by atoms with Crippen LogP contribution in [0.1, 0.15) is 20.8 Å². The number of ether oxygens (including phenoxy) is 1. The van der Waals surface area contributed by atoms with E-state index in [4.69, 9.17) is 13.8 Å². The van der Waals surface area contributed by atoms with Gasteiger partial charge in [0.15, 0.2) is 0 Å². The van der Waals surface area contributed by atoms with Crippen LogP contribution in [0.15, 0.2) is 30.3 Å². The van der Waals surface area contributed by atoms with Gasteiger partial charge in [0.2, 0.25) is 0 Å². The third-order valence-corrected chi connectivity index (χ3v) is 3.90. The first-order valence-electron chi connectivity index (χ1n) is 6.25. The van der Waals surface area contributed by atoms with E-state index in [1.165, 1.54) is 14.0 Å². The summed E-state index contributed by atoms with van der Waals surface area (Å²) >= 11 is 0. The van der Waals surface area contributed by atoms with E-state index >= 15 is 0 Å². The molecule has 1 aromatic rings. The van der Waals surface area contributed by atoms with Crippen molar-refractivity contribution in [3.63, 3.8) is 0 Å². The molecule has 0 aromatic heterocycles. The molecule has 0 amide bonds. The van der Waals surface area contributed by atoms with E-state index in [-0.39, 0.29) is 6.10 Å². The van der Waals surface area contributed by atoms with E-state index in [0.29, 0.717) is 5.75 Å². The predicted octanol–water partition coefficient (Wildman–Crippen LogP) is 2.75. The van der Waals surface area contributed by atoms with Crippen LogP contribution in [-0.2, 0) is 18.6 Å². The number of esters is 1. The fourth-order valence-corrected chi connectivity index (χ4v) is 2.57. The second kappa shape index (κ2) is 7.43. The van der Waals surface area contributed by atoms with Gasteiger partial charge in [-0.1, -0.05) is 18.2 Å². The van der Waals surface area contributed by atoms with Crippen LogP contribution in [0.3, 0.4) is 0 Å². The molecule has 2 atom stereocenters. The summed E-state index contributed by atoms with van der Waals surface area (Å²) in [6, 6.07) is 7.76. The maximum atomic E-state index is 12.4. The minimum Gasteiger partial charge on any atom is -0.462 e. The smallest absolute Gasteiger partial charge is 0.459 e. The highest BCUT2D eigenvalue weighted by Crippen LogP contribution is 2.43. The van der Waals surface area contributed by atoms with E-state index in [0.717, 1.165) is 0 Å². The summed E-state index contributed by atoms with van der Waals surface area (Å²) in [5, 5.41) is 2.53. The SMILES string of the molecule is CO[P@](=O)(N[C@H](C)C(=O)OC(C)C)Oc1ccccc1. The van der Waals surface area contributed by atoms with Crippen molar-refractivity contribution >= 4 is 13.7 Å². The Bertz CT molecular complexity index is 477. The first-order chi connectivity index (χ1) is 9.36. The molecule has 0 unspecified atom stereocenters. The molecule has 0 saturated carbocycles. The third kappa shape index (κ3) is 5.33. The average molecular weight is 301 g/mol. The summed E-state index contributed by atoms with van der Waals surface area (Å²) in [7, 11) is -2.38. The molecule has 112 valence electrons. The first-order valence-corrected chi connectivity index (χ1v) is 7.79. The Morgan fingerprint density at radius 3 is 2.30 bits per heavy atom. The molecule has 0 heterocycles. The molecule has 0 aliphatic carbocycles. The Morgan fingerprint density at radius 1 is 1.20 bits per heavy atom. The Balaban J connectivity index is 2.70. The zero-order valence-electron chi connectivity index (χ0n) is 12.0. The lowest BCUT2D eigenvalue weighted by Crippen LogP contribution is -2.36. The summed E-state index contributed by atoms with van der Waals surface area (Å²) in [6.07, 6.45) is -0.247. The molecule has 1 N–H and O–H groups in total. The van der Waals surface area contributed by atoms with Crippen LogP contribution in [0, 0.1) is 0 Å². The molecule has 0 aliphatic rings. The molecule has 0 radical (unpaired) electrons. The van der Waals surface area contributed by atoms with Crippen LogP contribution >= 0.6 is 7.75 Å². The molecule has 0 fully saturated rings. The number of para-hydroxylation sites is 1. The number of nitrogens with one attached hydrogen (secondary N) is 1. The van der Waals surface area contributed by atoms with Crippen molar-refractivity contribution in [1.82, 2.24) is 5.09 Å². The summed E-state index contributed by atoms with van der Waals surface area (Å²) in [5.41, 5.74) is 0. The van der Waals surface area contributed by atoms with Crippen LogP contribution < -0.4 is 9.61 Å². The zero-order valence-corrected chi connectivity index (χ0v) is 12.9. The molecule has 7 heteroatoms.